The molecule has 0 saturated heterocycles. The van der Waals surface area contributed by atoms with Crippen LogP contribution in [0.5, 0.6) is 0 Å². The summed E-state index contributed by atoms with van der Waals surface area (Å²) in [5, 5.41) is 3.91. The Bertz CT molecular complexity index is 355. The van der Waals surface area contributed by atoms with Crippen LogP contribution in [-0.2, 0) is 16.1 Å². The maximum atomic E-state index is 11.1. The number of hydrogen-bond acceptors (Lipinski definition) is 3. The van der Waals surface area contributed by atoms with E-state index >= 15 is 0 Å². The molecular formula is C12H16ClNO2. The standard InChI is InChI=1S/C12H16ClNO2/c1-9(12(15)16-2)7-14-8-10-4-3-5-11(13)6-10/h3-6,9,14H,7-8H2,1-2H3. The molecular weight excluding hydrogens is 226 g/mol. The Morgan fingerprint density at radius 2 is 2.31 bits per heavy atom. The fraction of sp³-hybridized carbons (Fsp3) is 0.417. The molecule has 0 spiro atoms. The third kappa shape index (κ3) is 4.21. The van der Waals surface area contributed by atoms with Crippen molar-refractivity contribution in [3.63, 3.8) is 0 Å². The second-order valence-corrected chi connectivity index (χ2v) is 4.12. The lowest BCUT2D eigenvalue weighted by Crippen LogP contribution is -2.26. The molecule has 0 fully saturated rings. The molecule has 16 heavy (non-hydrogen) atoms. The predicted octanol–water partition coefficient (Wildman–Crippen LogP) is 2.24. The third-order valence-corrected chi connectivity index (χ3v) is 2.51. The van der Waals surface area contributed by atoms with Crippen molar-refractivity contribution in [2.24, 2.45) is 5.92 Å². The van der Waals surface area contributed by atoms with Gasteiger partial charge in [-0.3, -0.25) is 4.79 Å². The Morgan fingerprint density at radius 1 is 1.56 bits per heavy atom. The summed E-state index contributed by atoms with van der Waals surface area (Å²) in [6.07, 6.45) is 0. The molecule has 1 N–H and O–H groups in total. The van der Waals surface area contributed by atoms with Gasteiger partial charge in [0.25, 0.3) is 0 Å². The summed E-state index contributed by atoms with van der Waals surface area (Å²) in [5.41, 5.74) is 1.10. The normalized spacial score (nSPS) is 12.2. The third-order valence-electron chi connectivity index (χ3n) is 2.27. The van der Waals surface area contributed by atoms with Crippen LogP contribution in [0, 0.1) is 5.92 Å². The smallest absolute Gasteiger partial charge is 0.309 e. The molecule has 0 amide bonds. The molecule has 0 radical (unpaired) electrons. The fourth-order valence-electron chi connectivity index (χ4n) is 1.36. The predicted molar refractivity (Wildman–Crippen MR) is 64.3 cm³/mol. The first-order valence-electron chi connectivity index (χ1n) is 5.16. The molecule has 0 aliphatic heterocycles. The highest BCUT2D eigenvalue weighted by Gasteiger charge is 2.11. The van der Waals surface area contributed by atoms with Crippen LogP contribution in [-0.4, -0.2) is 19.6 Å². The zero-order valence-electron chi connectivity index (χ0n) is 9.50. The van der Waals surface area contributed by atoms with Gasteiger partial charge in [-0.1, -0.05) is 30.7 Å². The molecule has 1 unspecified atom stereocenters. The summed E-state index contributed by atoms with van der Waals surface area (Å²) in [6, 6.07) is 7.63. The van der Waals surface area contributed by atoms with E-state index in [-0.39, 0.29) is 11.9 Å². The van der Waals surface area contributed by atoms with Crippen LogP contribution in [0.25, 0.3) is 0 Å². The van der Waals surface area contributed by atoms with Crippen molar-refractivity contribution >= 4 is 17.6 Å². The zero-order chi connectivity index (χ0) is 12.0. The van der Waals surface area contributed by atoms with Crippen molar-refractivity contribution in [3.8, 4) is 0 Å². The minimum atomic E-state index is -0.196. The Labute approximate surface area is 101 Å². The largest absolute Gasteiger partial charge is 0.469 e. The van der Waals surface area contributed by atoms with Gasteiger partial charge in [0.2, 0.25) is 0 Å². The van der Waals surface area contributed by atoms with Crippen LogP contribution in [0.3, 0.4) is 0 Å². The van der Waals surface area contributed by atoms with E-state index in [2.05, 4.69) is 10.1 Å². The van der Waals surface area contributed by atoms with Gasteiger partial charge in [-0.25, -0.2) is 0 Å². The number of benzene rings is 1. The van der Waals surface area contributed by atoms with E-state index in [0.29, 0.717) is 13.1 Å². The van der Waals surface area contributed by atoms with Crippen LogP contribution < -0.4 is 5.32 Å². The lowest BCUT2D eigenvalue weighted by Gasteiger charge is -2.10. The highest BCUT2D eigenvalue weighted by atomic mass is 35.5. The summed E-state index contributed by atoms with van der Waals surface area (Å²) >= 11 is 5.86. The van der Waals surface area contributed by atoms with Gasteiger partial charge in [0, 0.05) is 18.1 Å². The van der Waals surface area contributed by atoms with E-state index in [1.807, 2.05) is 31.2 Å². The van der Waals surface area contributed by atoms with Crippen LogP contribution in [0.15, 0.2) is 24.3 Å². The van der Waals surface area contributed by atoms with E-state index in [0.717, 1.165) is 10.6 Å². The van der Waals surface area contributed by atoms with E-state index in [4.69, 9.17) is 11.6 Å². The molecule has 3 nitrogen and oxygen atoms in total. The first-order chi connectivity index (χ1) is 7.63. The van der Waals surface area contributed by atoms with Gasteiger partial charge in [-0.15, -0.1) is 0 Å². The number of esters is 1. The number of hydrogen-bond donors (Lipinski definition) is 1. The fourth-order valence-corrected chi connectivity index (χ4v) is 1.58. The van der Waals surface area contributed by atoms with Crippen molar-refractivity contribution < 1.29 is 9.53 Å². The zero-order valence-corrected chi connectivity index (χ0v) is 10.3. The SMILES string of the molecule is COC(=O)C(C)CNCc1cccc(Cl)c1. The van der Waals surface area contributed by atoms with E-state index in [9.17, 15) is 4.79 Å². The van der Waals surface area contributed by atoms with Crippen LogP contribution in [0.2, 0.25) is 5.02 Å². The molecule has 1 atom stereocenters. The van der Waals surface area contributed by atoms with E-state index in [1.54, 1.807) is 0 Å². The summed E-state index contributed by atoms with van der Waals surface area (Å²) in [7, 11) is 1.40. The van der Waals surface area contributed by atoms with E-state index in [1.165, 1.54) is 7.11 Å². The first-order valence-corrected chi connectivity index (χ1v) is 5.54. The maximum Gasteiger partial charge on any atom is 0.309 e. The monoisotopic (exact) mass is 241 g/mol. The molecule has 0 aliphatic rings. The summed E-state index contributed by atoms with van der Waals surface area (Å²) in [6.45, 7) is 3.12. The minimum absolute atomic E-state index is 0.135. The number of rotatable bonds is 5. The van der Waals surface area contributed by atoms with Crippen LogP contribution in [0.1, 0.15) is 12.5 Å². The minimum Gasteiger partial charge on any atom is -0.469 e. The van der Waals surface area contributed by atoms with Gasteiger partial charge < -0.3 is 10.1 Å². The van der Waals surface area contributed by atoms with Crippen molar-refractivity contribution in [2.45, 2.75) is 13.5 Å². The van der Waals surface area contributed by atoms with Crippen LogP contribution in [0.4, 0.5) is 0 Å². The molecule has 0 aromatic heterocycles. The van der Waals surface area contributed by atoms with Gasteiger partial charge >= 0.3 is 5.97 Å². The van der Waals surface area contributed by atoms with E-state index < -0.39 is 0 Å². The van der Waals surface area contributed by atoms with Crippen molar-refractivity contribution in [1.82, 2.24) is 5.32 Å². The number of carbonyl (C=O) groups is 1. The quantitative estimate of drug-likeness (QED) is 0.804. The summed E-state index contributed by atoms with van der Waals surface area (Å²) < 4.78 is 4.63. The molecule has 0 aliphatic carbocycles. The Morgan fingerprint density at radius 3 is 2.94 bits per heavy atom. The van der Waals surface area contributed by atoms with Gasteiger partial charge in [-0.05, 0) is 17.7 Å². The van der Waals surface area contributed by atoms with Gasteiger partial charge in [-0.2, -0.15) is 0 Å². The van der Waals surface area contributed by atoms with Crippen LogP contribution >= 0.6 is 11.6 Å². The molecule has 4 heteroatoms. The highest BCUT2D eigenvalue weighted by Crippen LogP contribution is 2.10. The second kappa shape index (κ2) is 6.51. The number of nitrogens with one attached hydrogen (secondary N) is 1. The lowest BCUT2D eigenvalue weighted by atomic mass is 10.1. The van der Waals surface area contributed by atoms with Gasteiger partial charge in [0.15, 0.2) is 0 Å². The van der Waals surface area contributed by atoms with Gasteiger partial charge in [0.1, 0.15) is 0 Å². The molecule has 1 rings (SSSR count). The molecule has 1 aromatic carbocycles. The number of carbonyl (C=O) groups excluding carboxylic acids is 1. The summed E-state index contributed by atoms with van der Waals surface area (Å²) in [4.78, 5) is 11.1. The Balaban J connectivity index is 2.33. The number of ether oxygens (including phenoxy) is 1. The second-order valence-electron chi connectivity index (χ2n) is 3.69. The molecule has 0 saturated carbocycles. The molecule has 88 valence electrons. The Kier molecular flexibility index (Phi) is 5.29. The van der Waals surface area contributed by atoms with Crippen molar-refractivity contribution in [3.05, 3.63) is 34.9 Å². The average molecular weight is 242 g/mol. The Hall–Kier alpha value is -1.06. The topological polar surface area (TPSA) is 38.3 Å². The molecule has 0 bridgehead atoms. The number of methoxy groups -OCH3 is 1. The lowest BCUT2D eigenvalue weighted by molar-refractivity contribution is -0.144. The molecule has 0 heterocycles. The highest BCUT2D eigenvalue weighted by molar-refractivity contribution is 6.30. The number of halogens is 1. The van der Waals surface area contributed by atoms with Gasteiger partial charge in [0.05, 0.1) is 13.0 Å². The maximum absolute atomic E-state index is 11.1. The van der Waals surface area contributed by atoms with Crippen molar-refractivity contribution in [1.29, 1.82) is 0 Å². The average Bonchev–Trinajstić information content (AvgIpc) is 2.28. The first kappa shape index (κ1) is 13.0. The summed E-state index contributed by atoms with van der Waals surface area (Å²) in [5.74, 6) is -0.331. The molecule has 1 aromatic rings. The van der Waals surface area contributed by atoms with Crippen molar-refractivity contribution in [2.75, 3.05) is 13.7 Å².